The van der Waals surface area contributed by atoms with E-state index >= 15 is 0 Å². The highest BCUT2D eigenvalue weighted by Gasteiger charge is 2.29. The van der Waals surface area contributed by atoms with E-state index in [1.54, 1.807) is 18.2 Å². The van der Waals surface area contributed by atoms with E-state index in [4.69, 9.17) is 5.26 Å². The summed E-state index contributed by atoms with van der Waals surface area (Å²) in [5.41, 5.74) is 1.35. The number of amides is 2. The quantitative estimate of drug-likeness (QED) is 0.731. The predicted molar refractivity (Wildman–Crippen MR) is 107 cm³/mol. The summed E-state index contributed by atoms with van der Waals surface area (Å²) in [4.78, 5) is 24.9. The van der Waals surface area contributed by atoms with Crippen LogP contribution in [0.5, 0.6) is 0 Å². The second-order valence-corrected chi connectivity index (χ2v) is 6.74. The molecular weight excluding hydrogens is 390 g/mol. The molecule has 8 heteroatoms. The zero-order chi connectivity index (χ0) is 21.7. The van der Waals surface area contributed by atoms with Gasteiger partial charge < -0.3 is 5.32 Å². The molecule has 0 aliphatic carbocycles. The zero-order valence-corrected chi connectivity index (χ0v) is 15.9. The van der Waals surface area contributed by atoms with E-state index in [0.29, 0.717) is 23.2 Å². The molecule has 2 aromatic rings. The van der Waals surface area contributed by atoms with Crippen molar-refractivity contribution in [1.29, 1.82) is 5.26 Å². The van der Waals surface area contributed by atoms with Gasteiger partial charge in [-0.3, -0.25) is 9.59 Å². The summed E-state index contributed by atoms with van der Waals surface area (Å²) in [6.45, 7) is 3.71. The van der Waals surface area contributed by atoms with Gasteiger partial charge in [0, 0.05) is 36.4 Å². The van der Waals surface area contributed by atoms with Gasteiger partial charge in [0.1, 0.15) is 11.6 Å². The van der Waals surface area contributed by atoms with Crippen molar-refractivity contribution in [3.05, 3.63) is 77.4 Å². The average molecular weight is 408 g/mol. The first-order chi connectivity index (χ1) is 14.4. The fourth-order valence-electron chi connectivity index (χ4n) is 3.07. The molecule has 1 unspecified atom stereocenters. The Morgan fingerprint density at radius 3 is 2.63 bits per heavy atom. The Kier molecular flexibility index (Phi) is 6.32. The molecule has 0 fully saturated rings. The third-order valence-corrected chi connectivity index (χ3v) is 4.57. The predicted octanol–water partition coefficient (Wildman–Crippen LogP) is 4.07. The van der Waals surface area contributed by atoms with Crippen LogP contribution < -0.4 is 5.32 Å². The average Bonchev–Trinajstić information content (AvgIpc) is 3.21. The first-order valence-electron chi connectivity index (χ1n) is 9.17. The number of nitrogens with zero attached hydrogens (tertiary/aromatic N) is 3. The molecule has 1 atom stereocenters. The fourth-order valence-corrected chi connectivity index (χ4v) is 3.07. The van der Waals surface area contributed by atoms with E-state index in [0.717, 1.165) is 6.07 Å². The summed E-state index contributed by atoms with van der Waals surface area (Å²) in [6.07, 6.45) is 1.88. The molecule has 0 spiro atoms. The maximum Gasteiger partial charge on any atom is 0.250 e. The molecule has 0 bridgehead atoms. The van der Waals surface area contributed by atoms with Crippen LogP contribution >= 0.6 is 0 Å². The van der Waals surface area contributed by atoms with Gasteiger partial charge in [-0.2, -0.15) is 10.4 Å². The molecule has 152 valence electrons. The lowest BCUT2D eigenvalue weighted by Crippen LogP contribution is -2.27. The first-order valence-corrected chi connectivity index (χ1v) is 9.17. The molecular formula is C22H18F2N4O2. The van der Waals surface area contributed by atoms with Gasteiger partial charge in [-0.25, -0.2) is 13.8 Å². The highest BCUT2D eigenvalue weighted by atomic mass is 19.1. The number of carbonyl (C=O) groups is 2. The van der Waals surface area contributed by atoms with E-state index in [1.807, 2.05) is 6.07 Å². The minimum Gasteiger partial charge on any atom is -0.322 e. The Labute approximate surface area is 172 Å². The summed E-state index contributed by atoms with van der Waals surface area (Å²) in [7, 11) is 0. The van der Waals surface area contributed by atoms with Crippen LogP contribution in [0.3, 0.4) is 0 Å². The van der Waals surface area contributed by atoms with Gasteiger partial charge in [-0.1, -0.05) is 12.6 Å². The highest BCUT2D eigenvalue weighted by Crippen LogP contribution is 2.30. The Balaban J connectivity index is 1.58. The van der Waals surface area contributed by atoms with Crippen LogP contribution in [0.15, 0.2) is 59.7 Å². The highest BCUT2D eigenvalue weighted by molar-refractivity contribution is 6.03. The topological polar surface area (TPSA) is 85.6 Å². The molecule has 6 nitrogen and oxygen atoms in total. The van der Waals surface area contributed by atoms with Crippen molar-refractivity contribution in [1.82, 2.24) is 5.01 Å². The van der Waals surface area contributed by atoms with E-state index in [-0.39, 0.29) is 24.3 Å². The van der Waals surface area contributed by atoms with Gasteiger partial charge in [0.15, 0.2) is 0 Å². The zero-order valence-electron chi connectivity index (χ0n) is 15.9. The Bertz CT molecular complexity index is 1050. The summed E-state index contributed by atoms with van der Waals surface area (Å²) < 4.78 is 27.0. The van der Waals surface area contributed by atoms with Crippen molar-refractivity contribution in [3.8, 4) is 6.07 Å². The van der Waals surface area contributed by atoms with Crippen molar-refractivity contribution >= 4 is 23.7 Å². The van der Waals surface area contributed by atoms with Crippen molar-refractivity contribution in [2.45, 2.75) is 25.3 Å². The first kappa shape index (κ1) is 20.9. The number of halogens is 2. The van der Waals surface area contributed by atoms with Crippen LogP contribution in [0.2, 0.25) is 0 Å². The molecule has 1 aliphatic heterocycles. The van der Waals surface area contributed by atoms with Crippen LogP contribution in [0, 0.1) is 23.0 Å². The van der Waals surface area contributed by atoms with Gasteiger partial charge >= 0.3 is 0 Å². The number of carbonyl (C=O) groups excluding carboxylic acids is 2. The van der Waals surface area contributed by atoms with Crippen LogP contribution in [0.4, 0.5) is 14.5 Å². The number of rotatable bonds is 6. The molecule has 1 aliphatic rings. The molecule has 3 rings (SSSR count). The molecule has 0 aromatic heterocycles. The van der Waals surface area contributed by atoms with Gasteiger partial charge in [-0.05, 0) is 42.3 Å². The lowest BCUT2D eigenvalue weighted by Gasteiger charge is -2.22. The largest absolute Gasteiger partial charge is 0.322 e. The monoisotopic (exact) mass is 408 g/mol. The lowest BCUT2D eigenvalue weighted by molar-refractivity contribution is -0.133. The number of nitriles is 1. The van der Waals surface area contributed by atoms with E-state index in [2.05, 4.69) is 17.0 Å². The van der Waals surface area contributed by atoms with Gasteiger partial charge in [-0.15, -0.1) is 0 Å². The van der Waals surface area contributed by atoms with Gasteiger partial charge in [0.25, 0.3) is 5.91 Å². The Hall–Kier alpha value is -3.86. The second kappa shape index (κ2) is 9.09. The minimum atomic E-state index is -0.727. The van der Waals surface area contributed by atoms with E-state index in [9.17, 15) is 18.4 Å². The third-order valence-electron chi connectivity index (χ3n) is 4.57. The maximum absolute atomic E-state index is 13.5. The Morgan fingerprint density at radius 2 is 1.93 bits per heavy atom. The van der Waals surface area contributed by atoms with Crippen LogP contribution in [0.25, 0.3) is 0 Å². The summed E-state index contributed by atoms with van der Waals surface area (Å²) >= 11 is 0. The second-order valence-electron chi connectivity index (χ2n) is 6.74. The van der Waals surface area contributed by atoms with Crippen molar-refractivity contribution in [2.75, 3.05) is 5.32 Å². The van der Waals surface area contributed by atoms with Crippen molar-refractivity contribution < 1.29 is 18.4 Å². The fraction of sp³-hybridized carbons (Fsp3) is 0.182. The summed E-state index contributed by atoms with van der Waals surface area (Å²) in [5, 5.41) is 16.7. The molecule has 1 N–H and O–H groups in total. The van der Waals surface area contributed by atoms with Crippen molar-refractivity contribution in [2.24, 2.45) is 5.10 Å². The number of hydrazone groups is 1. The SMILES string of the molecule is C=C(CCC(=O)N1N=CCC1c1cc(F)cc(F)c1)C(=O)Nc1cccc(C#N)c1. The lowest BCUT2D eigenvalue weighted by atomic mass is 10.0. The normalized spacial score (nSPS) is 15.0. The summed E-state index contributed by atoms with van der Waals surface area (Å²) in [6, 6.07) is 10.9. The standard InChI is InChI=1S/C22H18F2N4O2/c1-14(22(30)27-19-4-2-3-15(9-19)13-25)5-6-21(29)28-20(7-8-26-28)16-10-17(23)12-18(24)11-16/h2-4,8-12,20H,1,5-7H2,(H,27,30). The summed E-state index contributed by atoms with van der Waals surface area (Å²) in [5.74, 6) is -2.31. The number of nitrogens with one attached hydrogen (secondary N) is 1. The van der Waals surface area contributed by atoms with Gasteiger partial charge in [0.05, 0.1) is 17.7 Å². The Morgan fingerprint density at radius 1 is 1.20 bits per heavy atom. The molecule has 0 saturated heterocycles. The number of anilines is 1. The molecule has 1 heterocycles. The maximum atomic E-state index is 13.5. The van der Waals surface area contributed by atoms with Crippen molar-refractivity contribution in [3.63, 3.8) is 0 Å². The van der Waals surface area contributed by atoms with E-state index in [1.165, 1.54) is 29.4 Å². The molecule has 30 heavy (non-hydrogen) atoms. The molecule has 0 saturated carbocycles. The molecule has 0 radical (unpaired) electrons. The number of hydrogen-bond acceptors (Lipinski definition) is 4. The number of hydrogen-bond donors (Lipinski definition) is 1. The minimum absolute atomic E-state index is 0.0455. The van der Waals surface area contributed by atoms with Crippen LogP contribution in [0.1, 0.15) is 36.4 Å². The third kappa shape index (κ3) is 4.94. The molecule has 2 aromatic carbocycles. The van der Waals surface area contributed by atoms with E-state index < -0.39 is 23.6 Å². The van der Waals surface area contributed by atoms with Crippen LogP contribution in [-0.4, -0.2) is 23.0 Å². The number of benzene rings is 2. The van der Waals surface area contributed by atoms with Crippen LogP contribution in [-0.2, 0) is 9.59 Å². The molecule has 2 amide bonds. The van der Waals surface area contributed by atoms with Gasteiger partial charge in [0.2, 0.25) is 5.91 Å². The smallest absolute Gasteiger partial charge is 0.250 e.